The Morgan fingerprint density at radius 3 is 2.50 bits per heavy atom. The monoisotopic (exact) mass is 474 g/mol. The van der Waals surface area contributed by atoms with Gasteiger partial charge in [-0.1, -0.05) is 36.4 Å². The van der Waals surface area contributed by atoms with E-state index in [0.29, 0.717) is 18.7 Å². The highest BCUT2D eigenvalue weighted by Crippen LogP contribution is 2.35. The molecule has 5 rings (SSSR count). The number of nitrogens with zero attached hydrogens (tertiary/aromatic N) is 2. The number of hydrogen-bond acceptors (Lipinski definition) is 4. The fourth-order valence-electron chi connectivity index (χ4n) is 4.72. The van der Waals surface area contributed by atoms with Crippen LogP contribution < -0.4 is 4.74 Å². The van der Waals surface area contributed by atoms with Crippen LogP contribution in [0, 0.1) is 13.8 Å². The summed E-state index contributed by atoms with van der Waals surface area (Å²) in [4.78, 5) is 32.1. The number of carbonyl (C=O) groups is 2. The molecule has 2 aliphatic rings. The van der Waals surface area contributed by atoms with E-state index in [1.54, 1.807) is 16.2 Å². The van der Waals surface area contributed by atoms with Crippen molar-refractivity contribution in [3.8, 4) is 5.75 Å². The van der Waals surface area contributed by atoms with Gasteiger partial charge in [0.1, 0.15) is 18.9 Å². The lowest BCUT2D eigenvalue weighted by molar-refractivity contribution is -0.135. The zero-order valence-electron chi connectivity index (χ0n) is 19.7. The van der Waals surface area contributed by atoms with E-state index in [1.165, 1.54) is 10.4 Å². The van der Waals surface area contributed by atoms with Crippen LogP contribution in [0.1, 0.15) is 50.8 Å². The van der Waals surface area contributed by atoms with Crippen molar-refractivity contribution in [2.24, 2.45) is 0 Å². The van der Waals surface area contributed by atoms with Gasteiger partial charge in [0.2, 0.25) is 5.91 Å². The van der Waals surface area contributed by atoms with Gasteiger partial charge in [-0.3, -0.25) is 9.59 Å². The first-order chi connectivity index (χ1) is 16.5. The first kappa shape index (κ1) is 22.7. The molecule has 0 unspecified atom stereocenters. The summed E-state index contributed by atoms with van der Waals surface area (Å²) in [5.74, 6) is 0.783. The zero-order valence-corrected chi connectivity index (χ0v) is 20.5. The van der Waals surface area contributed by atoms with Crippen molar-refractivity contribution in [1.82, 2.24) is 9.80 Å². The highest BCUT2D eigenvalue weighted by molar-refractivity contribution is 7.10. The summed E-state index contributed by atoms with van der Waals surface area (Å²) >= 11 is 1.74. The molecule has 0 bridgehead atoms. The summed E-state index contributed by atoms with van der Waals surface area (Å²) in [6.45, 7) is 5.13. The highest BCUT2D eigenvalue weighted by Gasteiger charge is 2.38. The maximum Gasteiger partial charge on any atom is 0.254 e. The number of amides is 2. The van der Waals surface area contributed by atoms with Crippen LogP contribution in [0.4, 0.5) is 0 Å². The first-order valence-corrected chi connectivity index (χ1v) is 12.8. The van der Waals surface area contributed by atoms with Crippen LogP contribution >= 0.6 is 11.3 Å². The average Bonchev–Trinajstić information content (AvgIpc) is 3.57. The molecule has 2 heterocycles. The second kappa shape index (κ2) is 9.63. The van der Waals surface area contributed by atoms with Crippen molar-refractivity contribution >= 4 is 23.2 Å². The standard InChI is InChI=1S/C28H30N2O3S/c1-19-7-3-5-9-22(19)28(32)30(21-11-12-21)17-27(31)29-15-13-26-23(14-16-34-26)24(29)18-33-25-10-6-4-8-20(25)2/h3-10,14,16,21,24H,11-13,15,17-18H2,1-2H3/t24-/m1/s1. The van der Waals surface area contributed by atoms with E-state index in [2.05, 4.69) is 11.4 Å². The Morgan fingerprint density at radius 1 is 1.03 bits per heavy atom. The Balaban J connectivity index is 1.36. The fraction of sp³-hybridized carbons (Fsp3) is 0.357. The second-order valence-electron chi connectivity index (χ2n) is 9.21. The zero-order chi connectivity index (χ0) is 23.7. The number of benzene rings is 2. The topological polar surface area (TPSA) is 49.9 Å². The smallest absolute Gasteiger partial charge is 0.254 e. The number of para-hydroxylation sites is 1. The lowest BCUT2D eigenvalue weighted by Crippen LogP contribution is -2.48. The number of aryl methyl sites for hydroxylation is 2. The molecule has 1 fully saturated rings. The number of carbonyl (C=O) groups excluding carboxylic acids is 2. The van der Waals surface area contributed by atoms with Crippen molar-refractivity contribution in [1.29, 1.82) is 0 Å². The van der Waals surface area contributed by atoms with Gasteiger partial charge in [0.15, 0.2) is 0 Å². The molecule has 6 heteroatoms. The molecule has 0 saturated heterocycles. The van der Waals surface area contributed by atoms with Crippen molar-refractivity contribution in [2.75, 3.05) is 19.7 Å². The number of hydrogen-bond donors (Lipinski definition) is 0. The maximum absolute atomic E-state index is 13.7. The van der Waals surface area contributed by atoms with Gasteiger partial charge >= 0.3 is 0 Å². The molecule has 34 heavy (non-hydrogen) atoms. The van der Waals surface area contributed by atoms with Gasteiger partial charge in [0.05, 0.1) is 6.04 Å². The molecule has 3 aromatic rings. The van der Waals surface area contributed by atoms with E-state index in [0.717, 1.165) is 36.1 Å². The molecule has 5 nitrogen and oxygen atoms in total. The van der Waals surface area contributed by atoms with E-state index in [1.807, 2.05) is 67.3 Å². The third-order valence-electron chi connectivity index (χ3n) is 6.84. The Labute approximate surface area is 205 Å². The van der Waals surface area contributed by atoms with Gasteiger partial charge in [0.25, 0.3) is 5.91 Å². The molecule has 0 spiro atoms. The minimum atomic E-state index is -0.156. The lowest BCUT2D eigenvalue weighted by Gasteiger charge is -2.37. The molecule has 1 aromatic heterocycles. The Kier molecular flexibility index (Phi) is 6.42. The number of ether oxygens (including phenoxy) is 1. The number of rotatable bonds is 7. The fourth-order valence-corrected chi connectivity index (χ4v) is 5.65. The van der Waals surface area contributed by atoms with Crippen molar-refractivity contribution < 1.29 is 14.3 Å². The minimum absolute atomic E-state index is 0.0101. The summed E-state index contributed by atoms with van der Waals surface area (Å²) in [5.41, 5.74) is 3.86. The summed E-state index contributed by atoms with van der Waals surface area (Å²) in [6, 6.07) is 17.7. The predicted octanol–water partition coefficient (Wildman–Crippen LogP) is 5.17. The van der Waals surface area contributed by atoms with Crippen LogP contribution in [-0.2, 0) is 11.2 Å². The van der Waals surface area contributed by atoms with Crippen LogP contribution in [-0.4, -0.2) is 47.4 Å². The predicted molar refractivity (Wildman–Crippen MR) is 134 cm³/mol. The molecular weight excluding hydrogens is 444 g/mol. The Hall–Kier alpha value is -3.12. The average molecular weight is 475 g/mol. The largest absolute Gasteiger partial charge is 0.491 e. The molecule has 1 aliphatic carbocycles. The van der Waals surface area contributed by atoms with Crippen LogP contribution in [0.15, 0.2) is 60.0 Å². The van der Waals surface area contributed by atoms with Crippen LogP contribution in [0.5, 0.6) is 5.75 Å². The van der Waals surface area contributed by atoms with Gasteiger partial charge in [-0.2, -0.15) is 0 Å². The molecular formula is C28H30N2O3S. The second-order valence-corrected chi connectivity index (χ2v) is 10.2. The van der Waals surface area contributed by atoms with Gasteiger partial charge < -0.3 is 14.5 Å². The van der Waals surface area contributed by atoms with E-state index in [4.69, 9.17) is 4.74 Å². The van der Waals surface area contributed by atoms with Gasteiger partial charge in [-0.15, -0.1) is 11.3 Å². The van der Waals surface area contributed by atoms with E-state index in [-0.39, 0.29) is 30.4 Å². The van der Waals surface area contributed by atoms with Gasteiger partial charge in [0, 0.05) is 23.0 Å². The minimum Gasteiger partial charge on any atom is -0.491 e. The molecule has 0 N–H and O–H groups in total. The van der Waals surface area contributed by atoms with Gasteiger partial charge in [-0.05, 0) is 73.4 Å². The van der Waals surface area contributed by atoms with Crippen molar-refractivity contribution in [2.45, 2.75) is 45.2 Å². The highest BCUT2D eigenvalue weighted by atomic mass is 32.1. The lowest BCUT2D eigenvalue weighted by atomic mass is 10.00. The summed E-state index contributed by atoms with van der Waals surface area (Å²) in [7, 11) is 0. The van der Waals surface area contributed by atoms with Crippen LogP contribution in [0.3, 0.4) is 0 Å². The van der Waals surface area contributed by atoms with E-state index in [9.17, 15) is 9.59 Å². The molecule has 1 atom stereocenters. The van der Waals surface area contributed by atoms with Crippen molar-refractivity contribution in [3.05, 3.63) is 87.1 Å². The van der Waals surface area contributed by atoms with E-state index < -0.39 is 0 Å². The third-order valence-corrected chi connectivity index (χ3v) is 7.83. The SMILES string of the molecule is Cc1ccccc1OC[C@@H]1c2ccsc2CCN1C(=O)CN(C(=O)c1ccccc1C)C1CC1. The van der Waals surface area contributed by atoms with Gasteiger partial charge in [-0.25, -0.2) is 0 Å². The van der Waals surface area contributed by atoms with Crippen LogP contribution in [0.25, 0.3) is 0 Å². The quantitative estimate of drug-likeness (QED) is 0.474. The number of fused-ring (bicyclic) bond motifs is 1. The summed E-state index contributed by atoms with van der Waals surface area (Å²) in [6.07, 6.45) is 2.76. The molecule has 176 valence electrons. The first-order valence-electron chi connectivity index (χ1n) is 11.9. The third kappa shape index (κ3) is 4.60. The molecule has 0 radical (unpaired) electrons. The molecule has 2 aromatic carbocycles. The molecule has 1 saturated carbocycles. The maximum atomic E-state index is 13.7. The van der Waals surface area contributed by atoms with Crippen molar-refractivity contribution in [3.63, 3.8) is 0 Å². The number of thiophene rings is 1. The molecule has 2 amide bonds. The van der Waals surface area contributed by atoms with Crippen LogP contribution in [0.2, 0.25) is 0 Å². The normalized spacial score (nSPS) is 17.2. The summed E-state index contributed by atoms with van der Waals surface area (Å²) < 4.78 is 6.21. The van der Waals surface area contributed by atoms with E-state index >= 15 is 0 Å². The Morgan fingerprint density at radius 2 is 1.76 bits per heavy atom. The Bertz CT molecular complexity index is 1200. The summed E-state index contributed by atoms with van der Waals surface area (Å²) in [5, 5.41) is 2.09. The molecule has 1 aliphatic heterocycles.